The second-order valence-corrected chi connectivity index (χ2v) is 13.0. The van der Waals surface area contributed by atoms with E-state index in [0.717, 1.165) is 5.75 Å². The molecule has 136 valence electrons. The Balaban J connectivity index is 3.18. The van der Waals surface area contributed by atoms with Crippen molar-refractivity contribution in [1.29, 1.82) is 0 Å². The molecule has 6 heteroatoms. The summed E-state index contributed by atoms with van der Waals surface area (Å²) in [5.74, 6) is 0.718. The predicted molar refractivity (Wildman–Crippen MR) is 100.0 cm³/mol. The maximum atomic E-state index is 12.7. The fourth-order valence-electron chi connectivity index (χ4n) is 1.58. The lowest BCUT2D eigenvalue weighted by molar-refractivity contribution is 0.0421. The third-order valence-corrected chi connectivity index (χ3v) is 8.24. The summed E-state index contributed by atoms with van der Waals surface area (Å²) >= 11 is 0. The number of benzene rings is 1. The first-order valence-corrected chi connectivity index (χ1v) is 11.0. The first-order chi connectivity index (χ1) is 10.8. The lowest BCUT2D eigenvalue weighted by Gasteiger charge is -2.39. The summed E-state index contributed by atoms with van der Waals surface area (Å²) in [6.07, 6.45) is -0.516. The molecule has 0 spiro atoms. The Labute approximate surface area is 147 Å². The molecule has 0 aromatic heterocycles. The van der Waals surface area contributed by atoms with E-state index in [1.807, 2.05) is 20.8 Å². The second kappa shape index (κ2) is 7.15. The van der Waals surface area contributed by atoms with Crippen LogP contribution in [0.3, 0.4) is 0 Å². The minimum atomic E-state index is -2.22. The average Bonchev–Trinajstić information content (AvgIpc) is 2.42. The van der Waals surface area contributed by atoms with Crippen molar-refractivity contribution in [3.63, 3.8) is 0 Å². The molecule has 0 fully saturated rings. The van der Waals surface area contributed by atoms with Crippen molar-refractivity contribution < 1.29 is 18.8 Å². The number of hydroxylamine groups is 1. The van der Waals surface area contributed by atoms with Crippen molar-refractivity contribution in [3.05, 3.63) is 24.3 Å². The quantitative estimate of drug-likeness (QED) is 0.539. The fourth-order valence-corrected chi connectivity index (χ4v) is 2.49. The molecule has 24 heavy (non-hydrogen) atoms. The molecule has 0 unspecified atom stereocenters. The van der Waals surface area contributed by atoms with Crippen LogP contribution >= 0.6 is 0 Å². The van der Waals surface area contributed by atoms with Gasteiger partial charge in [-0.25, -0.2) is 4.79 Å². The van der Waals surface area contributed by atoms with E-state index in [1.54, 1.807) is 31.4 Å². The number of carbonyl (C=O) groups is 1. The van der Waals surface area contributed by atoms with Crippen LogP contribution in [0.25, 0.3) is 0 Å². The number of amides is 1. The van der Waals surface area contributed by atoms with Gasteiger partial charge in [0, 0.05) is 0 Å². The van der Waals surface area contributed by atoms with E-state index in [4.69, 9.17) is 14.0 Å². The highest BCUT2D eigenvalue weighted by Gasteiger charge is 2.42. The highest BCUT2D eigenvalue weighted by molar-refractivity contribution is 6.74. The van der Waals surface area contributed by atoms with Gasteiger partial charge in [-0.3, -0.25) is 0 Å². The van der Waals surface area contributed by atoms with Gasteiger partial charge in [-0.05, 0) is 63.2 Å². The van der Waals surface area contributed by atoms with Gasteiger partial charge in [0.25, 0.3) is 0 Å². The van der Waals surface area contributed by atoms with E-state index < -0.39 is 20.0 Å². The van der Waals surface area contributed by atoms with Crippen molar-refractivity contribution in [2.24, 2.45) is 0 Å². The van der Waals surface area contributed by atoms with Gasteiger partial charge < -0.3 is 14.0 Å². The monoisotopic (exact) mass is 353 g/mol. The summed E-state index contributed by atoms with van der Waals surface area (Å²) in [6, 6.07) is 7.16. The normalized spacial score (nSPS) is 12.7. The standard InChI is InChI=1S/C18H31NO4Si/c1-17(2,3)22-16(20)19(23-24(8,9)18(4,5)6)14-10-12-15(21-7)13-11-14/h10-13H,1-9H3. The number of rotatable bonds is 4. The molecular weight excluding hydrogens is 322 g/mol. The molecule has 0 N–H and O–H groups in total. The van der Waals surface area contributed by atoms with Crippen molar-refractivity contribution in [1.82, 2.24) is 0 Å². The van der Waals surface area contributed by atoms with Gasteiger partial charge in [0.05, 0.1) is 12.8 Å². The summed E-state index contributed by atoms with van der Waals surface area (Å²) < 4.78 is 16.9. The maximum absolute atomic E-state index is 12.7. The van der Waals surface area contributed by atoms with Crippen LogP contribution in [0.5, 0.6) is 5.75 Å². The summed E-state index contributed by atoms with van der Waals surface area (Å²) in [7, 11) is -0.613. The van der Waals surface area contributed by atoms with Crippen LogP contribution in [0.4, 0.5) is 10.5 Å². The Morgan fingerprint density at radius 3 is 1.88 bits per heavy atom. The first-order valence-electron chi connectivity index (χ1n) is 8.13. The van der Waals surface area contributed by atoms with Gasteiger partial charge in [-0.1, -0.05) is 20.8 Å². The SMILES string of the molecule is COc1ccc(N(O[Si](C)(C)C(C)(C)C)C(=O)OC(C)(C)C)cc1. The van der Waals surface area contributed by atoms with Crippen molar-refractivity contribution >= 4 is 20.1 Å². The average molecular weight is 354 g/mol. The summed E-state index contributed by atoms with van der Waals surface area (Å²) in [5.41, 5.74) is 0.0216. The number of hydrogen-bond acceptors (Lipinski definition) is 4. The molecule has 1 aromatic carbocycles. The van der Waals surface area contributed by atoms with E-state index >= 15 is 0 Å². The molecule has 0 aliphatic carbocycles. The molecule has 5 nitrogen and oxygen atoms in total. The van der Waals surface area contributed by atoms with Crippen LogP contribution in [-0.2, 0) is 9.26 Å². The van der Waals surface area contributed by atoms with Crippen LogP contribution in [0.1, 0.15) is 41.5 Å². The zero-order chi connectivity index (χ0) is 18.8. The zero-order valence-electron chi connectivity index (χ0n) is 16.4. The number of ether oxygens (including phenoxy) is 2. The maximum Gasteiger partial charge on any atom is 0.438 e. The van der Waals surface area contributed by atoms with E-state index in [1.165, 1.54) is 5.06 Å². The van der Waals surface area contributed by atoms with Gasteiger partial charge in [0.15, 0.2) is 0 Å². The zero-order valence-corrected chi connectivity index (χ0v) is 17.4. The predicted octanol–water partition coefficient (Wildman–Crippen LogP) is 5.37. The second-order valence-electron chi connectivity index (χ2n) is 8.32. The largest absolute Gasteiger partial charge is 0.497 e. The van der Waals surface area contributed by atoms with E-state index in [0.29, 0.717) is 5.69 Å². The van der Waals surface area contributed by atoms with E-state index in [-0.39, 0.29) is 5.04 Å². The summed E-state index contributed by atoms with van der Waals surface area (Å²) in [5, 5.41) is 1.24. The minimum absolute atomic E-state index is 0.0419. The van der Waals surface area contributed by atoms with Crippen molar-refractivity contribution in [2.75, 3.05) is 12.2 Å². The summed E-state index contributed by atoms with van der Waals surface area (Å²) in [4.78, 5) is 12.7. The molecule has 0 atom stereocenters. The Kier molecular flexibility index (Phi) is 6.11. The molecule has 0 heterocycles. The third kappa shape index (κ3) is 5.53. The van der Waals surface area contributed by atoms with Crippen molar-refractivity contribution in [2.45, 2.75) is 65.3 Å². The fraction of sp³-hybridized carbons (Fsp3) is 0.611. The first kappa shape index (κ1) is 20.5. The van der Waals surface area contributed by atoms with E-state index in [9.17, 15) is 4.79 Å². The van der Waals surface area contributed by atoms with E-state index in [2.05, 4.69) is 33.9 Å². The lowest BCUT2D eigenvalue weighted by Crippen LogP contribution is -2.50. The molecule has 0 saturated carbocycles. The molecule has 0 radical (unpaired) electrons. The third-order valence-electron chi connectivity index (χ3n) is 3.99. The van der Waals surface area contributed by atoms with Crippen LogP contribution in [0, 0.1) is 0 Å². The van der Waals surface area contributed by atoms with Gasteiger partial charge in [0.2, 0.25) is 8.32 Å². The number of methoxy groups -OCH3 is 1. The van der Waals surface area contributed by atoms with Crippen LogP contribution < -0.4 is 9.80 Å². The Morgan fingerprint density at radius 1 is 1.00 bits per heavy atom. The molecule has 0 aliphatic rings. The molecule has 0 bridgehead atoms. The van der Waals surface area contributed by atoms with Gasteiger partial charge >= 0.3 is 6.09 Å². The highest BCUT2D eigenvalue weighted by Crippen LogP contribution is 2.38. The minimum Gasteiger partial charge on any atom is -0.497 e. The lowest BCUT2D eigenvalue weighted by atomic mass is 10.2. The molecular formula is C18H31NO4Si. The van der Waals surface area contributed by atoms with Gasteiger partial charge in [-0.2, -0.15) is 5.06 Å². The molecule has 0 saturated heterocycles. The van der Waals surface area contributed by atoms with Gasteiger partial charge in [-0.15, -0.1) is 0 Å². The smallest absolute Gasteiger partial charge is 0.438 e. The molecule has 1 aromatic rings. The Hall–Kier alpha value is -1.53. The van der Waals surface area contributed by atoms with Crippen molar-refractivity contribution in [3.8, 4) is 5.75 Å². The number of carbonyl (C=O) groups excluding carboxylic acids is 1. The Morgan fingerprint density at radius 2 is 1.50 bits per heavy atom. The van der Waals surface area contributed by atoms with Crippen LogP contribution in [-0.4, -0.2) is 27.1 Å². The topological polar surface area (TPSA) is 48.0 Å². The number of nitrogens with zero attached hydrogens (tertiary/aromatic N) is 1. The highest BCUT2D eigenvalue weighted by atomic mass is 28.4. The van der Waals surface area contributed by atoms with Crippen LogP contribution in [0.15, 0.2) is 24.3 Å². The molecule has 0 aliphatic heterocycles. The van der Waals surface area contributed by atoms with Gasteiger partial charge in [0.1, 0.15) is 11.4 Å². The summed E-state index contributed by atoms with van der Waals surface area (Å²) in [6.45, 7) is 16.1. The Bertz CT molecular complexity index is 556. The molecule has 1 amide bonds. The molecule has 1 rings (SSSR count). The number of hydrogen-bond donors (Lipinski definition) is 0. The van der Waals surface area contributed by atoms with Crippen LogP contribution in [0.2, 0.25) is 18.1 Å². The number of anilines is 1.